The molecule has 7 aromatic carbocycles. The van der Waals surface area contributed by atoms with Crippen LogP contribution < -0.4 is 0 Å². The van der Waals surface area contributed by atoms with Crippen LogP contribution in [0.15, 0.2) is 96.8 Å². The Hall–Kier alpha value is -3.36. The molecule has 0 heterocycles. The third kappa shape index (κ3) is 24.2. The van der Waals surface area contributed by atoms with Gasteiger partial charge in [-0.25, -0.2) is 61.5 Å². The molecule has 0 bridgehead atoms. The molecule has 0 nitrogen and oxygen atoms in total. The second-order valence-electron chi connectivity index (χ2n) is 20.7. The number of hydrogen-bond acceptors (Lipinski definition) is 0. The molecule has 0 atom stereocenters. The zero-order chi connectivity index (χ0) is 66.0. The highest BCUT2D eigenvalue weighted by Crippen LogP contribution is 2.34. The van der Waals surface area contributed by atoms with Crippen molar-refractivity contribution in [1.29, 1.82) is 0 Å². The third-order valence-electron chi connectivity index (χ3n) is 11.8. The summed E-state index contributed by atoms with van der Waals surface area (Å²) in [5, 5.41) is -0.322. The SMILES string of the molecule is CC(C)c1c(F)c(F)c(Br)c(F)c1F.CC(C)c1cc(F)c(Br)c(F)c1.CC(C)c1cc(F)c(Cl)c(Cl)c1.CC(C)c1cc(F)c(Cl)c(F)c1.CC(C)c1ccc(Br)c(F)c1.CC(C)c1ccc(Br)c(F)c1F.CC(C)c1ccc(Cl)c(F)c1F. The predicted molar refractivity (Wildman–Crippen MR) is 334 cm³/mol. The summed E-state index contributed by atoms with van der Waals surface area (Å²) in [6, 6.07) is 19.5. The van der Waals surface area contributed by atoms with E-state index in [-0.39, 0.29) is 59.4 Å². The highest BCUT2D eigenvalue weighted by atomic mass is 79.9. The van der Waals surface area contributed by atoms with Gasteiger partial charge >= 0.3 is 0 Å². The maximum atomic E-state index is 13.1. The minimum absolute atomic E-state index is 0.000988. The molecule has 85 heavy (non-hydrogen) atoms. The Balaban J connectivity index is 0.000000496. The molecule has 0 fully saturated rings. The second-order valence-corrected chi connectivity index (χ2v) is 25.5. The smallest absolute Gasteiger partial charge is 0.177 e. The van der Waals surface area contributed by atoms with Crippen molar-refractivity contribution in [3.8, 4) is 0 Å². The lowest BCUT2D eigenvalue weighted by molar-refractivity contribution is 0.426. The molecule has 7 aromatic rings. The van der Waals surface area contributed by atoms with Crippen molar-refractivity contribution in [2.45, 2.75) is 138 Å². The first-order valence-corrected chi connectivity index (χ1v) is 30.5. The van der Waals surface area contributed by atoms with E-state index in [1.54, 1.807) is 38.1 Å². The molecule has 0 radical (unpaired) electrons. The summed E-state index contributed by atoms with van der Waals surface area (Å²) in [6.07, 6.45) is 0. The van der Waals surface area contributed by atoms with E-state index in [9.17, 15) is 61.5 Å². The van der Waals surface area contributed by atoms with Crippen LogP contribution in [-0.2, 0) is 0 Å². The Bertz CT molecular complexity index is 3030. The highest BCUT2D eigenvalue weighted by molar-refractivity contribution is 9.11. The van der Waals surface area contributed by atoms with Crippen LogP contribution in [0.4, 0.5) is 61.5 Å². The first kappa shape index (κ1) is 79.7. The Morgan fingerprint density at radius 3 is 0.976 bits per heavy atom. The van der Waals surface area contributed by atoms with Crippen LogP contribution in [0.1, 0.15) is 177 Å². The number of rotatable bonds is 7. The van der Waals surface area contributed by atoms with E-state index >= 15 is 0 Å². The lowest BCUT2D eigenvalue weighted by atomic mass is 10.0. The average Bonchev–Trinajstić information content (AvgIpc) is 3.44. The molecule has 0 spiro atoms. The van der Waals surface area contributed by atoms with E-state index < -0.39 is 96.6 Å². The van der Waals surface area contributed by atoms with Gasteiger partial charge in [0.05, 0.1) is 33.0 Å². The standard InChI is InChI=1S/C9H7BrF4.2C9H9BrF2.C9H10BrF.C9H9Cl2F.2C9H9ClF2/c1-3(2)4-6(11)8(13)5(10)9(14)7(4)12;1-5(2)6-3-7(11)9(10)8(12)4-6;1-5(2)6-3-4-7(10)9(12)8(6)11;1-6(2)7-3-4-8(10)9(11)5-7;1-5(2)6-3-7(10)9(11)8(12)4-6;1-5(2)6-3-7(11)9(10)8(12)4-6;1-5(2)6-3-4-7(10)9(12)8(6)11/h3H,1-2H3;2*3-5H,1-2H3;3-6H,1-2H3;3*3-5H,1-2H3. The van der Waals surface area contributed by atoms with Crippen molar-refractivity contribution in [2.24, 2.45) is 0 Å². The largest absolute Gasteiger partial charge is 0.206 e. The molecule has 468 valence electrons. The number of halogens is 22. The summed E-state index contributed by atoms with van der Waals surface area (Å²) >= 11 is 33.2. The van der Waals surface area contributed by atoms with Gasteiger partial charge < -0.3 is 0 Å². The van der Waals surface area contributed by atoms with E-state index in [2.05, 4.69) is 63.7 Å². The monoisotopic (exact) mass is 1540 g/mol. The maximum Gasteiger partial charge on any atom is 0.177 e. The van der Waals surface area contributed by atoms with Crippen LogP contribution in [0.3, 0.4) is 0 Å². The molecule has 0 N–H and O–H groups in total. The summed E-state index contributed by atoms with van der Waals surface area (Å²) in [6.45, 7) is 25.7. The molecule has 7 rings (SSSR count). The molecular weight excluding hydrogens is 1480 g/mol. The molecule has 0 aliphatic carbocycles. The molecule has 0 amide bonds. The normalized spacial score (nSPS) is 10.9. The Morgan fingerprint density at radius 1 is 0.271 bits per heavy atom. The van der Waals surface area contributed by atoms with Gasteiger partial charge in [0.25, 0.3) is 0 Å². The molecule has 0 aliphatic heterocycles. The highest BCUT2D eigenvalue weighted by Gasteiger charge is 2.25. The molecule has 22 heteroatoms. The van der Waals surface area contributed by atoms with Crippen LogP contribution in [0.25, 0.3) is 0 Å². The molecule has 0 saturated heterocycles. The molecule has 0 aliphatic rings. The van der Waals surface area contributed by atoms with Gasteiger partial charge in [-0.1, -0.05) is 162 Å². The predicted octanol–water partition coefficient (Wildman–Crippen LogP) is 27.3. The fourth-order valence-electron chi connectivity index (χ4n) is 6.70. The van der Waals surface area contributed by atoms with Crippen molar-refractivity contribution in [3.05, 3.63) is 237 Å². The van der Waals surface area contributed by atoms with Crippen molar-refractivity contribution in [3.63, 3.8) is 0 Å². The van der Waals surface area contributed by atoms with Gasteiger partial charge in [0.15, 0.2) is 46.5 Å². The zero-order valence-corrected chi connectivity index (χ0v) is 57.7. The van der Waals surface area contributed by atoms with Gasteiger partial charge in [0.2, 0.25) is 0 Å². The zero-order valence-electron chi connectivity index (χ0n) is 48.4. The van der Waals surface area contributed by atoms with E-state index in [1.807, 2.05) is 75.3 Å². The van der Waals surface area contributed by atoms with Gasteiger partial charge in [-0.2, -0.15) is 0 Å². The van der Waals surface area contributed by atoms with Crippen LogP contribution in [-0.4, -0.2) is 0 Å². The van der Waals surface area contributed by atoms with Gasteiger partial charge in [-0.3, -0.25) is 0 Å². The van der Waals surface area contributed by atoms with Crippen molar-refractivity contribution < 1.29 is 61.5 Å². The fraction of sp³-hybridized carbons (Fsp3) is 0.333. The third-order valence-corrected chi connectivity index (χ3v) is 16.0. The topological polar surface area (TPSA) is 0 Å². The number of hydrogen-bond donors (Lipinski definition) is 0. The minimum atomic E-state index is -1.40. The molecule has 0 saturated carbocycles. The van der Waals surface area contributed by atoms with Crippen molar-refractivity contribution in [1.82, 2.24) is 0 Å². The van der Waals surface area contributed by atoms with Crippen LogP contribution in [0.5, 0.6) is 0 Å². The van der Waals surface area contributed by atoms with Gasteiger partial charge in [-0.15, -0.1) is 0 Å². The Kier molecular flexibility index (Phi) is 34.6. The molecule has 0 aromatic heterocycles. The lowest BCUT2D eigenvalue weighted by Crippen LogP contribution is -2.05. The minimum Gasteiger partial charge on any atom is -0.206 e. The molecular formula is C63H62Br4Cl4F14. The van der Waals surface area contributed by atoms with Crippen LogP contribution >= 0.6 is 110 Å². The second kappa shape index (κ2) is 37.0. The quantitative estimate of drug-likeness (QED) is 0.0848. The van der Waals surface area contributed by atoms with Crippen molar-refractivity contribution >= 4 is 110 Å². The van der Waals surface area contributed by atoms with E-state index in [4.69, 9.17) is 46.4 Å². The lowest BCUT2D eigenvalue weighted by Gasteiger charge is -2.11. The van der Waals surface area contributed by atoms with E-state index in [0.717, 1.165) is 11.1 Å². The first-order chi connectivity index (χ1) is 39.1. The Morgan fingerprint density at radius 2 is 0.612 bits per heavy atom. The van der Waals surface area contributed by atoms with Crippen LogP contribution in [0.2, 0.25) is 20.1 Å². The van der Waals surface area contributed by atoms with Crippen LogP contribution in [0, 0.1) is 81.4 Å². The average molecular weight is 1550 g/mol. The van der Waals surface area contributed by atoms with E-state index in [1.165, 1.54) is 62.4 Å². The van der Waals surface area contributed by atoms with Crippen molar-refractivity contribution in [2.75, 3.05) is 0 Å². The van der Waals surface area contributed by atoms with E-state index in [0.29, 0.717) is 32.6 Å². The van der Waals surface area contributed by atoms with Gasteiger partial charge in [0, 0.05) is 5.56 Å². The first-order valence-electron chi connectivity index (χ1n) is 25.8. The maximum absolute atomic E-state index is 13.1. The Labute approximate surface area is 542 Å². The van der Waals surface area contributed by atoms with Gasteiger partial charge in [-0.05, 0) is 199 Å². The summed E-state index contributed by atoms with van der Waals surface area (Å²) in [7, 11) is 0. The summed E-state index contributed by atoms with van der Waals surface area (Å²) < 4.78 is 181. The molecule has 0 unspecified atom stereocenters. The number of benzene rings is 7. The summed E-state index contributed by atoms with van der Waals surface area (Å²) in [5.74, 6) is -11.7. The fourth-order valence-corrected chi connectivity index (χ4v) is 8.41. The van der Waals surface area contributed by atoms with Gasteiger partial charge in [0.1, 0.15) is 39.9 Å². The summed E-state index contributed by atoms with van der Waals surface area (Å²) in [5.41, 5.74) is 3.39. The summed E-state index contributed by atoms with van der Waals surface area (Å²) in [4.78, 5) is 0.